The second kappa shape index (κ2) is 231. The molecule has 0 amide bonds. The summed E-state index contributed by atoms with van der Waals surface area (Å²) in [5.74, 6) is 0. The van der Waals surface area contributed by atoms with Gasteiger partial charge < -0.3 is 16.4 Å². The monoisotopic (exact) mass is 162 g/mol. The molecule has 0 aliphatic heterocycles. The molecule has 0 aliphatic rings. The van der Waals surface area contributed by atoms with Crippen LogP contribution < -0.4 is 0 Å². The van der Waals surface area contributed by atoms with Crippen molar-refractivity contribution in [2.24, 2.45) is 0 Å². The normalized spacial score (nSPS) is 0. The SMILES string of the molecule is Cl.Cl.Cl.O.O.O. The molecule has 0 aromatic rings. The fourth-order valence-corrected chi connectivity index (χ4v) is 0. The van der Waals surface area contributed by atoms with Gasteiger partial charge in [0.2, 0.25) is 0 Å². The van der Waals surface area contributed by atoms with Crippen molar-refractivity contribution in [3.05, 3.63) is 0 Å². The first kappa shape index (κ1) is 397. The number of halogens is 3. The smallest absolute Gasteiger partial charge is 0.147 e. The van der Waals surface area contributed by atoms with E-state index in [2.05, 4.69) is 0 Å². The number of hydrogen-bond acceptors (Lipinski definition) is 0. The molecule has 3 nitrogen and oxygen atoms in total. The first-order valence-electron chi connectivity index (χ1n) is 0. The average Bonchev–Trinajstić information content (AvgIpc) is 0. The third-order valence-corrected chi connectivity index (χ3v) is 0. The van der Waals surface area contributed by atoms with Crippen LogP contribution in [-0.2, 0) is 0 Å². The summed E-state index contributed by atoms with van der Waals surface area (Å²) in [5.41, 5.74) is 0. The first-order chi connectivity index (χ1) is 0. The van der Waals surface area contributed by atoms with E-state index in [1.807, 2.05) is 0 Å². The Morgan fingerprint density at radius 2 is 0.333 bits per heavy atom. The molecule has 0 fully saturated rings. The molecule has 0 saturated carbocycles. The predicted molar refractivity (Wildman–Crippen MR) is 32.6 cm³/mol. The fraction of sp³-hybridized carbons (Fsp3) is 0. The Bertz CT molecular complexity index is 6.00. The van der Waals surface area contributed by atoms with Crippen molar-refractivity contribution >= 4 is 37.2 Å². The molecule has 48 valence electrons. The molecule has 0 aromatic heterocycles. The van der Waals surface area contributed by atoms with Crippen LogP contribution in [0.4, 0.5) is 0 Å². The average molecular weight is 163 g/mol. The van der Waals surface area contributed by atoms with Gasteiger partial charge in [-0.1, -0.05) is 0 Å². The zero-order chi connectivity index (χ0) is 0. The summed E-state index contributed by atoms with van der Waals surface area (Å²) in [6.45, 7) is 0. The van der Waals surface area contributed by atoms with Crippen LogP contribution in [0.15, 0.2) is 0 Å². The quantitative estimate of drug-likeness (QED) is 0.428. The van der Waals surface area contributed by atoms with E-state index in [4.69, 9.17) is 0 Å². The van der Waals surface area contributed by atoms with Gasteiger partial charge in [0, 0.05) is 0 Å². The zero-order valence-electron chi connectivity index (χ0n) is 2.72. The minimum absolute atomic E-state index is 0. The Hall–Kier alpha value is 0.750. The highest BCUT2D eigenvalue weighted by Crippen LogP contribution is 0.692. The van der Waals surface area contributed by atoms with Gasteiger partial charge in [-0.05, 0) is 0 Å². The maximum atomic E-state index is 0. The van der Waals surface area contributed by atoms with E-state index in [1.54, 1.807) is 0 Å². The van der Waals surface area contributed by atoms with E-state index in [-0.39, 0.29) is 53.6 Å². The Labute approximate surface area is 54.3 Å². The minimum Gasteiger partial charge on any atom is -0.412 e. The van der Waals surface area contributed by atoms with Crippen LogP contribution in [0.2, 0.25) is 0 Å². The molecule has 0 saturated heterocycles. The van der Waals surface area contributed by atoms with Crippen molar-refractivity contribution in [3.63, 3.8) is 0 Å². The summed E-state index contributed by atoms with van der Waals surface area (Å²) in [6.07, 6.45) is 0. The highest BCUT2D eigenvalue weighted by atomic mass is 35.5. The van der Waals surface area contributed by atoms with Gasteiger partial charge in [0.25, 0.3) is 0 Å². The van der Waals surface area contributed by atoms with Gasteiger partial charge in [-0.25, -0.2) is 0 Å². The minimum atomic E-state index is 0. The summed E-state index contributed by atoms with van der Waals surface area (Å²) in [7, 11) is 0. The lowest BCUT2D eigenvalue weighted by Gasteiger charge is -0.413. The van der Waals surface area contributed by atoms with E-state index < -0.39 is 0 Å². The first-order valence-corrected chi connectivity index (χ1v) is 0. The fourth-order valence-electron chi connectivity index (χ4n) is 0. The Balaban J connectivity index is 0. The molecule has 6 heavy (non-hydrogen) atoms. The zero-order valence-corrected chi connectivity index (χ0v) is 5.17. The van der Waals surface area contributed by atoms with Crippen molar-refractivity contribution < 1.29 is 16.4 Å². The van der Waals surface area contributed by atoms with E-state index in [0.29, 0.717) is 0 Å². The molecule has 6 heteroatoms. The topological polar surface area (TPSA) is 94.5 Å². The highest BCUT2D eigenvalue weighted by Gasteiger charge is -0.145. The molecular formula is H9Cl3O3. The molecule has 0 spiro atoms. The lowest BCUT2D eigenvalue weighted by Crippen LogP contribution is -0.290. The summed E-state index contributed by atoms with van der Waals surface area (Å²) in [4.78, 5) is 0. The largest absolute Gasteiger partial charge is 0.412 e. The Kier molecular flexibility index (Phi) is 15300. The maximum absolute atomic E-state index is 0. The van der Waals surface area contributed by atoms with Crippen molar-refractivity contribution in [1.82, 2.24) is 0 Å². The number of hydrogen-bond donors (Lipinski definition) is 0. The van der Waals surface area contributed by atoms with Crippen molar-refractivity contribution in [1.29, 1.82) is 0 Å². The van der Waals surface area contributed by atoms with Gasteiger partial charge in [-0.3, -0.25) is 0 Å². The molecule has 0 aliphatic carbocycles. The van der Waals surface area contributed by atoms with Crippen molar-refractivity contribution in [2.75, 3.05) is 0 Å². The Morgan fingerprint density at radius 1 is 0.333 bits per heavy atom. The van der Waals surface area contributed by atoms with Crippen molar-refractivity contribution in [3.8, 4) is 0 Å². The van der Waals surface area contributed by atoms with Crippen molar-refractivity contribution in [2.45, 2.75) is 0 Å². The predicted octanol–water partition coefficient (Wildman–Crippen LogP) is -1.21. The van der Waals surface area contributed by atoms with Crippen LogP contribution in [0.1, 0.15) is 0 Å². The van der Waals surface area contributed by atoms with Gasteiger partial charge in [0.15, 0.2) is 0 Å². The summed E-state index contributed by atoms with van der Waals surface area (Å²) < 4.78 is 0. The molecule has 0 aromatic carbocycles. The lowest BCUT2D eigenvalue weighted by atomic mass is 16.0. The van der Waals surface area contributed by atoms with Crippen LogP contribution in [0.5, 0.6) is 0 Å². The lowest BCUT2D eigenvalue weighted by molar-refractivity contribution is 0.823. The second-order valence-electron chi connectivity index (χ2n) is 0. The van der Waals surface area contributed by atoms with Crippen LogP contribution >= 0.6 is 37.2 Å². The molecule has 0 rings (SSSR count). The van der Waals surface area contributed by atoms with Crippen LogP contribution in [0, 0.1) is 0 Å². The number of rotatable bonds is 0. The standard InChI is InChI=1S/3ClH.3H2O/h3*1H;3*1H2. The van der Waals surface area contributed by atoms with Gasteiger partial charge in [0.1, 0.15) is 0 Å². The Morgan fingerprint density at radius 3 is 0.333 bits per heavy atom. The molecule has 0 unspecified atom stereocenters. The highest BCUT2D eigenvalue weighted by molar-refractivity contribution is 5.86. The summed E-state index contributed by atoms with van der Waals surface area (Å²) in [5, 5.41) is 0. The maximum Gasteiger partial charge on any atom is -0.147 e. The molecule has 0 atom stereocenters. The van der Waals surface area contributed by atoms with Gasteiger partial charge in [0.05, 0.1) is 0 Å². The van der Waals surface area contributed by atoms with E-state index in [0.717, 1.165) is 0 Å². The van der Waals surface area contributed by atoms with Crippen LogP contribution in [0.3, 0.4) is 0 Å². The third-order valence-electron chi connectivity index (χ3n) is 0. The molecule has 6 N–H and O–H groups in total. The summed E-state index contributed by atoms with van der Waals surface area (Å²) >= 11 is 0. The molecule has 0 heterocycles. The van der Waals surface area contributed by atoms with Crippen LogP contribution in [-0.4, -0.2) is 16.4 Å². The van der Waals surface area contributed by atoms with E-state index in [9.17, 15) is 0 Å². The van der Waals surface area contributed by atoms with Gasteiger partial charge >= 0.3 is 0 Å². The van der Waals surface area contributed by atoms with Gasteiger partial charge in [-0.15, -0.1) is 37.2 Å². The second-order valence-corrected chi connectivity index (χ2v) is 0. The molecule has 0 bridgehead atoms. The molecule has 0 radical (unpaired) electrons. The van der Waals surface area contributed by atoms with E-state index in [1.165, 1.54) is 0 Å². The third kappa shape index (κ3) is 119. The van der Waals surface area contributed by atoms with E-state index >= 15 is 0 Å². The van der Waals surface area contributed by atoms with Crippen LogP contribution in [0.25, 0.3) is 0 Å². The molecular weight excluding hydrogens is 154 g/mol. The summed E-state index contributed by atoms with van der Waals surface area (Å²) in [6, 6.07) is 0. The van der Waals surface area contributed by atoms with Gasteiger partial charge in [-0.2, -0.15) is 0 Å².